The molecular formula is C22H18F4O5S. The number of benzene rings is 2. The molecule has 0 atom stereocenters. The summed E-state index contributed by atoms with van der Waals surface area (Å²) in [5.41, 5.74) is 2.67. The Bertz CT molecular complexity index is 1200. The maximum Gasteiger partial charge on any atom is 0.344 e. The monoisotopic (exact) mass is 470 g/mol. The van der Waals surface area contributed by atoms with Crippen molar-refractivity contribution in [2.45, 2.75) is 61.2 Å². The zero-order valence-corrected chi connectivity index (χ0v) is 17.4. The third kappa shape index (κ3) is 3.69. The lowest BCUT2D eigenvalue weighted by atomic mass is 9.91. The average Bonchev–Trinajstić information content (AvgIpc) is 3.55. The first-order chi connectivity index (χ1) is 15.1. The molecule has 0 radical (unpaired) electrons. The molecule has 2 aromatic carbocycles. The van der Waals surface area contributed by atoms with Gasteiger partial charge in [-0.05, 0) is 73.0 Å². The topological polar surface area (TPSA) is 80.7 Å². The van der Waals surface area contributed by atoms with E-state index >= 15 is 0 Å². The molecule has 5 rings (SSSR count). The molecule has 10 heteroatoms. The summed E-state index contributed by atoms with van der Waals surface area (Å²) in [6.07, 6.45) is 5.46. The van der Waals surface area contributed by atoms with Crippen LogP contribution in [0.15, 0.2) is 17.0 Å². The molecule has 3 aliphatic rings. The van der Waals surface area contributed by atoms with Crippen molar-refractivity contribution in [2.24, 2.45) is 0 Å². The molecule has 0 unspecified atom stereocenters. The van der Waals surface area contributed by atoms with Crippen molar-refractivity contribution in [3.05, 3.63) is 57.7 Å². The van der Waals surface area contributed by atoms with Crippen LogP contribution >= 0.6 is 0 Å². The second-order valence-corrected chi connectivity index (χ2v) is 10.0. The molecule has 0 aliphatic heterocycles. The lowest BCUT2D eigenvalue weighted by molar-refractivity contribution is 0.0714. The van der Waals surface area contributed by atoms with E-state index in [1.165, 1.54) is 0 Å². The van der Waals surface area contributed by atoms with E-state index in [0.29, 0.717) is 17.0 Å². The zero-order valence-electron chi connectivity index (χ0n) is 16.6. The molecule has 32 heavy (non-hydrogen) atoms. The van der Waals surface area contributed by atoms with Gasteiger partial charge in [0.2, 0.25) is 17.4 Å². The number of rotatable bonds is 6. The highest BCUT2D eigenvalue weighted by Crippen LogP contribution is 2.51. The number of halogens is 4. The SMILES string of the molecule is O=C(Oc1c(F)c(F)c(S(=O)(=O)O)c(F)c1F)c1c(C2CC2)cc(C2CC2)cc1C1CC1. The molecule has 0 amide bonds. The van der Waals surface area contributed by atoms with Crippen molar-refractivity contribution in [3.8, 4) is 5.75 Å². The smallest absolute Gasteiger partial charge is 0.344 e. The first kappa shape index (κ1) is 21.4. The fourth-order valence-electron chi connectivity index (χ4n) is 4.08. The largest absolute Gasteiger partial charge is 0.416 e. The van der Waals surface area contributed by atoms with Crippen molar-refractivity contribution < 1.29 is 40.1 Å². The van der Waals surface area contributed by atoms with Crippen LogP contribution in [-0.4, -0.2) is 18.9 Å². The quantitative estimate of drug-likeness (QED) is 0.203. The standard InChI is InChI=1S/C22H18F4O5S/c23-16-18(25)21(32(28,29)30)19(26)17(24)20(16)31-22(27)15-13(10-3-4-10)7-12(9-1-2-9)8-14(15)11-5-6-11/h7-11H,1-6H2,(H,28,29,30). The van der Waals surface area contributed by atoms with Gasteiger partial charge >= 0.3 is 16.1 Å². The van der Waals surface area contributed by atoms with Gasteiger partial charge in [0.1, 0.15) is 0 Å². The van der Waals surface area contributed by atoms with Crippen LogP contribution < -0.4 is 4.74 Å². The molecule has 0 heterocycles. The summed E-state index contributed by atoms with van der Waals surface area (Å²) in [4.78, 5) is 10.9. The Hall–Kier alpha value is -2.46. The van der Waals surface area contributed by atoms with Gasteiger partial charge in [-0.25, -0.2) is 13.6 Å². The van der Waals surface area contributed by atoms with Crippen LogP contribution in [0.5, 0.6) is 5.75 Å². The fraction of sp³-hybridized carbons (Fsp3) is 0.409. The normalized spacial score (nSPS) is 18.7. The number of ether oxygens (including phenoxy) is 1. The molecule has 1 N–H and O–H groups in total. The van der Waals surface area contributed by atoms with Gasteiger partial charge in [0.15, 0.2) is 16.5 Å². The molecule has 0 saturated heterocycles. The highest BCUT2D eigenvalue weighted by atomic mass is 32.2. The van der Waals surface area contributed by atoms with Gasteiger partial charge in [-0.15, -0.1) is 0 Å². The Kier molecular flexibility index (Phi) is 4.86. The first-order valence-corrected chi connectivity index (χ1v) is 11.7. The Morgan fingerprint density at radius 2 is 1.25 bits per heavy atom. The number of hydrogen-bond acceptors (Lipinski definition) is 4. The maximum atomic E-state index is 14.4. The highest BCUT2D eigenvalue weighted by molar-refractivity contribution is 7.85. The summed E-state index contributed by atoms with van der Waals surface area (Å²) < 4.78 is 93.0. The van der Waals surface area contributed by atoms with E-state index < -0.39 is 50.0 Å². The second kappa shape index (κ2) is 7.28. The van der Waals surface area contributed by atoms with E-state index in [1.54, 1.807) is 0 Å². The minimum atomic E-state index is -5.60. The molecule has 3 aliphatic carbocycles. The molecule has 3 fully saturated rings. The van der Waals surface area contributed by atoms with Gasteiger partial charge in [-0.3, -0.25) is 4.55 Å². The van der Waals surface area contributed by atoms with Crippen LogP contribution in [0.1, 0.15) is 83.3 Å². The van der Waals surface area contributed by atoms with Crippen molar-refractivity contribution in [1.29, 1.82) is 0 Å². The van der Waals surface area contributed by atoms with Gasteiger partial charge in [-0.1, -0.05) is 12.1 Å². The van der Waals surface area contributed by atoms with E-state index in [0.717, 1.165) is 44.1 Å². The summed E-state index contributed by atoms with van der Waals surface area (Å²) in [7, 11) is -5.60. The van der Waals surface area contributed by atoms with Crippen LogP contribution in [0.3, 0.4) is 0 Å². The van der Waals surface area contributed by atoms with E-state index in [1.807, 2.05) is 12.1 Å². The van der Waals surface area contributed by atoms with E-state index in [9.17, 15) is 30.8 Å². The Balaban J connectivity index is 1.60. The van der Waals surface area contributed by atoms with E-state index in [2.05, 4.69) is 0 Å². The number of hydrogen-bond donors (Lipinski definition) is 1. The minimum Gasteiger partial charge on any atom is -0.416 e. The fourth-order valence-corrected chi connectivity index (χ4v) is 4.72. The third-order valence-electron chi connectivity index (χ3n) is 6.14. The molecule has 170 valence electrons. The lowest BCUT2D eigenvalue weighted by Crippen LogP contribution is -2.18. The second-order valence-electron chi connectivity index (χ2n) is 8.68. The molecule has 5 nitrogen and oxygen atoms in total. The van der Waals surface area contributed by atoms with Gasteiger partial charge < -0.3 is 4.74 Å². The average molecular weight is 470 g/mol. The highest BCUT2D eigenvalue weighted by Gasteiger charge is 2.39. The Morgan fingerprint density at radius 1 is 0.812 bits per heavy atom. The maximum absolute atomic E-state index is 14.4. The molecule has 2 aromatic rings. The van der Waals surface area contributed by atoms with E-state index in [4.69, 9.17) is 9.29 Å². The predicted octanol–water partition coefficient (Wildman–Crippen LogP) is 5.34. The van der Waals surface area contributed by atoms with Crippen molar-refractivity contribution in [3.63, 3.8) is 0 Å². The summed E-state index contributed by atoms with van der Waals surface area (Å²) in [5.74, 6) is -11.4. The van der Waals surface area contributed by atoms with Crippen LogP contribution in [0, 0.1) is 23.3 Å². The van der Waals surface area contributed by atoms with Gasteiger partial charge in [0.25, 0.3) is 0 Å². The van der Waals surface area contributed by atoms with Crippen LogP contribution in [0.2, 0.25) is 0 Å². The van der Waals surface area contributed by atoms with Gasteiger partial charge in [0, 0.05) is 0 Å². The molecule has 0 spiro atoms. The predicted molar refractivity (Wildman–Crippen MR) is 103 cm³/mol. The van der Waals surface area contributed by atoms with Crippen molar-refractivity contribution in [2.75, 3.05) is 0 Å². The van der Waals surface area contributed by atoms with Crippen LogP contribution in [-0.2, 0) is 10.1 Å². The lowest BCUT2D eigenvalue weighted by Gasteiger charge is -2.17. The van der Waals surface area contributed by atoms with Crippen molar-refractivity contribution in [1.82, 2.24) is 0 Å². The van der Waals surface area contributed by atoms with Crippen LogP contribution in [0.25, 0.3) is 0 Å². The zero-order chi connectivity index (χ0) is 22.9. The first-order valence-electron chi connectivity index (χ1n) is 10.3. The Morgan fingerprint density at radius 3 is 1.62 bits per heavy atom. The molecule has 0 aromatic heterocycles. The number of esters is 1. The van der Waals surface area contributed by atoms with Crippen molar-refractivity contribution >= 4 is 16.1 Å². The summed E-state index contributed by atoms with van der Waals surface area (Å²) in [6, 6.07) is 3.82. The molecule has 0 bridgehead atoms. The third-order valence-corrected chi connectivity index (χ3v) is 7.02. The minimum absolute atomic E-state index is 0.0961. The number of carbonyl (C=O) groups excluding carboxylic acids is 1. The summed E-state index contributed by atoms with van der Waals surface area (Å²) in [5, 5.41) is 0. The summed E-state index contributed by atoms with van der Waals surface area (Å²) in [6.45, 7) is 0. The van der Waals surface area contributed by atoms with Gasteiger partial charge in [0.05, 0.1) is 5.56 Å². The Labute approximate surface area is 181 Å². The van der Waals surface area contributed by atoms with Crippen LogP contribution in [0.4, 0.5) is 17.6 Å². The molecule has 3 saturated carbocycles. The summed E-state index contributed by atoms with van der Waals surface area (Å²) >= 11 is 0. The number of carbonyl (C=O) groups is 1. The molecular weight excluding hydrogens is 452 g/mol. The van der Waals surface area contributed by atoms with Gasteiger partial charge in [-0.2, -0.15) is 17.2 Å². The van der Waals surface area contributed by atoms with E-state index in [-0.39, 0.29) is 17.4 Å².